The van der Waals surface area contributed by atoms with Crippen LogP contribution in [0, 0.1) is 6.92 Å². The molecule has 3 aromatic carbocycles. The van der Waals surface area contributed by atoms with Crippen molar-refractivity contribution in [2.24, 2.45) is 5.10 Å². The maximum absolute atomic E-state index is 12.1. The number of nitrogens with zero attached hydrogens (tertiary/aromatic N) is 1. The standard InChI is InChI=1S/C28H28N2O4/c1-20(2)24-13-9-21(3)26(17-24)33-19-27(31)30-29-18-23-10-14-25(15-11-23)34-28(32)16-12-22-7-5-4-6-8-22/h4-18,20H,19H2,1-3H3,(H,30,31)/b16-12+,29-18+. The van der Waals surface area contributed by atoms with E-state index in [-0.39, 0.29) is 12.5 Å². The number of amides is 1. The first-order valence-electron chi connectivity index (χ1n) is 11.0. The van der Waals surface area contributed by atoms with Gasteiger partial charge in [0.15, 0.2) is 6.61 Å². The second-order valence-electron chi connectivity index (χ2n) is 8.00. The van der Waals surface area contributed by atoms with E-state index in [2.05, 4.69) is 30.4 Å². The number of carbonyl (C=O) groups is 2. The van der Waals surface area contributed by atoms with E-state index in [1.54, 1.807) is 30.3 Å². The lowest BCUT2D eigenvalue weighted by Crippen LogP contribution is -2.24. The molecule has 0 aliphatic heterocycles. The number of rotatable bonds is 9. The van der Waals surface area contributed by atoms with Crippen molar-refractivity contribution in [1.82, 2.24) is 5.43 Å². The topological polar surface area (TPSA) is 77.0 Å². The SMILES string of the molecule is Cc1ccc(C(C)C)cc1OCC(=O)N/N=C/c1ccc(OC(=O)/C=C/c2ccccc2)cc1. The van der Waals surface area contributed by atoms with E-state index in [1.165, 1.54) is 12.3 Å². The predicted octanol–water partition coefficient (Wildman–Crippen LogP) is 5.27. The van der Waals surface area contributed by atoms with Gasteiger partial charge in [0.05, 0.1) is 6.21 Å². The highest BCUT2D eigenvalue weighted by molar-refractivity contribution is 5.89. The van der Waals surface area contributed by atoms with Gasteiger partial charge in [0.25, 0.3) is 5.91 Å². The molecule has 1 amide bonds. The Morgan fingerprint density at radius 3 is 2.41 bits per heavy atom. The van der Waals surface area contributed by atoms with Crippen LogP contribution >= 0.6 is 0 Å². The number of hydrazone groups is 1. The van der Waals surface area contributed by atoms with Gasteiger partial charge in [-0.1, -0.05) is 56.3 Å². The number of nitrogens with one attached hydrogen (secondary N) is 1. The minimum absolute atomic E-state index is 0.134. The summed E-state index contributed by atoms with van der Waals surface area (Å²) < 4.78 is 10.9. The molecule has 0 spiro atoms. The van der Waals surface area contributed by atoms with Crippen LogP contribution in [0.5, 0.6) is 11.5 Å². The predicted molar refractivity (Wildman–Crippen MR) is 134 cm³/mol. The van der Waals surface area contributed by atoms with Gasteiger partial charge in [-0.2, -0.15) is 5.10 Å². The molecular formula is C28H28N2O4. The van der Waals surface area contributed by atoms with Crippen LogP contribution in [0.15, 0.2) is 84.0 Å². The van der Waals surface area contributed by atoms with Crippen LogP contribution in [0.1, 0.15) is 42.0 Å². The molecule has 174 valence electrons. The van der Waals surface area contributed by atoms with Crippen molar-refractivity contribution in [3.05, 3.63) is 101 Å². The Balaban J connectivity index is 1.45. The first kappa shape index (κ1) is 24.5. The van der Waals surface area contributed by atoms with Gasteiger partial charge in [0.2, 0.25) is 0 Å². The molecule has 0 saturated heterocycles. The Labute approximate surface area is 199 Å². The minimum Gasteiger partial charge on any atom is -0.483 e. The van der Waals surface area contributed by atoms with Crippen molar-refractivity contribution in [1.29, 1.82) is 0 Å². The van der Waals surface area contributed by atoms with Gasteiger partial charge in [0.1, 0.15) is 11.5 Å². The third kappa shape index (κ3) is 7.74. The smallest absolute Gasteiger partial charge is 0.336 e. The molecule has 0 unspecified atom stereocenters. The molecule has 1 N–H and O–H groups in total. The lowest BCUT2D eigenvalue weighted by Gasteiger charge is -2.12. The van der Waals surface area contributed by atoms with E-state index in [0.717, 1.165) is 22.3 Å². The second-order valence-corrected chi connectivity index (χ2v) is 8.00. The molecule has 0 aliphatic rings. The van der Waals surface area contributed by atoms with Crippen LogP contribution < -0.4 is 14.9 Å². The van der Waals surface area contributed by atoms with Gasteiger partial charge in [-0.3, -0.25) is 4.79 Å². The highest BCUT2D eigenvalue weighted by Crippen LogP contribution is 2.24. The van der Waals surface area contributed by atoms with Crippen LogP contribution in [-0.4, -0.2) is 24.7 Å². The van der Waals surface area contributed by atoms with E-state index in [1.807, 2.05) is 49.4 Å². The van der Waals surface area contributed by atoms with Crippen molar-refractivity contribution in [2.45, 2.75) is 26.7 Å². The van der Waals surface area contributed by atoms with Crippen LogP contribution in [0.3, 0.4) is 0 Å². The van der Waals surface area contributed by atoms with Crippen LogP contribution in [0.25, 0.3) is 6.08 Å². The molecule has 0 radical (unpaired) electrons. The first-order chi connectivity index (χ1) is 16.4. The highest BCUT2D eigenvalue weighted by Gasteiger charge is 2.07. The number of ether oxygens (including phenoxy) is 2. The molecule has 3 rings (SSSR count). The van der Waals surface area contributed by atoms with E-state index < -0.39 is 5.97 Å². The molecule has 34 heavy (non-hydrogen) atoms. The minimum atomic E-state index is -0.466. The number of benzene rings is 3. The summed E-state index contributed by atoms with van der Waals surface area (Å²) in [5.74, 6) is 0.653. The van der Waals surface area contributed by atoms with Crippen molar-refractivity contribution < 1.29 is 19.1 Å². The van der Waals surface area contributed by atoms with E-state index >= 15 is 0 Å². The maximum atomic E-state index is 12.1. The summed E-state index contributed by atoms with van der Waals surface area (Å²) in [6.45, 7) is 6.02. The molecule has 0 fully saturated rings. The summed E-state index contributed by atoms with van der Waals surface area (Å²) in [5, 5.41) is 3.95. The van der Waals surface area contributed by atoms with Crippen molar-refractivity contribution in [2.75, 3.05) is 6.61 Å². The first-order valence-corrected chi connectivity index (χ1v) is 11.0. The summed E-state index contributed by atoms with van der Waals surface area (Å²) in [5.41, 5.74) is 6.22. The monoisotopic (exact) mass is 456 g/mol. The Bertz CT molecular complexity index is 1170. The van der Waals surface area contributed by atoms with E-state index in [9.17, 15) is 9.59 Å². The average molecular weight is 457 g/mol. The highest BCUT2D eigenvalue weighted by atomic mass is 16.5. The van der Waals surface area contributed by atoms with Crippen molar-refractivity contribution >= 4 is 24.2 Å². The Hall–Kier alpha value is -4.19. The summed E-state index contributed by atoms with van der Waals surface area (Å²) in [6, 6.07) is 22.3. The van der Waals surface area contributed by atoms with Crippen LogP contribution in [-0.2, 0) is 9.59 Å². The van der Waals surface area contributed by atoms with Gasteiger partial charge >= 0.3 is 5.97 Å². The molecule has 0 atom stereocenters. The second kappa shape index (κ2) is 12.2. The summed E-state index contributed by atoms with van der Waals surface area (Å²) in [4.78, 5) is 24.0. The molecule has 0 aromatic heterocycles. The van der Waals surface area contributed by atoms with Gasteiger partial charge in [0, 0.05) is 6.08 Å². The summed E-state index contributed by atoms with van der Waals surface area (Å²) in [6.07, 6.45) is 4.57. The van der Waals surface area contributed by atoms with E-state index in [0.29, 0.717) is 17.4 Å². The zero-order valence-electron chi connectivity index (χ0n) is 19.5. The molecule has 3 aromatic rings. The molecule has 0 bridgehead atoms. The number of esters is 1. The van der Waals surface area contributed by atoms with Crippen LogP contribution in [0.4, 0.5) is 0 Å². The third-order valence-electron chi connectivity index (χ3n) is 4.95. The lowest BCUT2D eigenvalue weighted by atomic mass is 10.0. The number of hydrogen-bond donors (Lipinski definition) is 1. The third-order valence-corrected chi connectivity index (χ3v) is 4.95. The van der Waals surface area contributed by atoms with Gasteiger partial charge < -0.3 is 9.47 Å². The fourth-order valence-corrected chi connectivity index (χ4v) is 2.99. The van der Waals surface area contributed by atoms with E-state index in [4.69, 9.17) is 9.47 Å². The normalized spacial score (nSPS) is 11.2. The zero-order chi connectivity index (χ0) is 24.3. The molecule has 0 aliphatic carbocycles. The zero-order valence-corrected chi connectivity index (χ0v) is 19.5. The molecule has 6 heteroatoms. The van der Waals surface area contributed by atoms with Crippen molar-refractivity contribution in [3.8, 4) is 11.5 Å². The fraction of sp³-hybridized carbons (Fsp3) is 0.179. The van der Waals surface area contributed by atoms with Gasteiger partial charge in [-0.15, -0.1) is 0 Å². The molecule has 0 saturated carbocycles. The fourth-order valence-electron chi connectivity index (χ4n) is 2.99. The maximum Gasteiger partial charge on any atom is 0.336 e. The largest absolute Gasteiger partial charge is 0.483 e. The van der Waals surface area contributed by atoms with Crippen LogP contribution in [0.2, 0.25) is 0 Å². The number of aryl methyl sites for hydroxylation is 1. The summed E-state index contributed by atoms with van der Waals surface area (Å²) in [7, 11) is 0. The molecule has 6 nitrogen and oxygen atoms in total. The Morgan fingerprint density at radius 2 is 1.71 bits per heavy atom. The van der Waals surface area contributed by atoms with Crippen molar-refractivity contribution in [3.63, 3.8) is 0 Å². The van der Waals surface area contributed by atoms with Gasteiger partial charge in [-0.25, -0.2) is 10.2 Å². The Morgan fingerprint density at radius 1 is 0.971 bits per heavy atom. The Kier molecular flexibility index (Phi) is 8.74. The molecular weight excluding hydrogens is 428 g/mol. The quantitative estimate of drug-likeness (QED) is 0.157. The lowest BCUT2D eigenvalue weighted by molar-refractivity contribution is -0.129. The average Bonchev–Trinajstić information content (AvgIpc) is 2.84. The number of carbonyl (C=O) groups excluding carboxylic acids is 2. The van der Waals surface area contributed by atoms with Gasteiger partial charge in [-0.05, 0) is 71.5 Å². The summed E-state index contributed by atoms with van der Waals surface area (Å²) >= 11 is 0. The molecule has 0 heterocycles. The number of hydrogen-bond acceptors (Lipinski definition) is 5.